The maximum Gasteiger partial charge on any atom is 0.399 e. The lowest BCUT2D eigenvalue weighted by molar-refractivity contribution is -0.175. The molecular formula is C19H25F5O6S2. The van der Waals surface area contributed by atoms with Gasteiger partial charge in [-0.3, -0.25) is 9.59 Å². The first-order chi connectivity index (χ1) is 14.7. The Labute approximate surface area is 190 Å². The van der Waals surface area contributed by atoms with Crippen molar-refractivity contribution >= 4 is 41.4 Å². The highest BCUT2D eigenvalue weighted by Gasteiger charge is 2.54. The molecule has 0 aromatic rings. The van der Waals surface area contributed by atoms with Gasteiger partial charge in [0.2, 0.25) is 0 Å². The third-order valence-corrected chi connectivity index (χ3v) is 9.18. The lowest BCUT2D eigenvalue weighted by Crippen LogP contribution is -2.48. The molecule has 0 bridgehead atoms. The van der Waals surface area contributed by atoms with E-state index in [-0.39, 0.29) is 24.5 Å². The first kappa shape index (κ1) is 27.0. The molecule has 2 rings (SSSR count). The minimum absolute atomic E-state index is 0.0947. The van der Waals surface area contributed by atoms with E-state index in [9.17, 15) is 36.3 Å². The van der Waals surface area contributed by atoms with Crippen LogP contribution >= 0.6 is 23.5 Å². The van der Waals surface area contributed by atoms with Crippen LogP contribution in [0.15, 0.2) is 0 Å². The van der Waals surface area contributed by atoms with Gasteiger partial charge in [0.25, 0.3) is 0 Å². The molecule has 1 atom stereocenters. The summed E-state index contributed by atoms with van der Waals surface area (Å²) in [5, 5.41) is 0. The Hall–Kier alpha value is -1.24. The summed E-state index contributed by atoms with van der Waals surface area (Å²) in [6.45, 7) is 1.47. The highest BCUT2D eigenvalue weighted by atomic mass is 32.2. The number of halogens is 5. The van der Waals surface area contributed by atoms with Crippen LogP contribution < -0.4 is 0 Å². The molecule has 2 fully saturated rings. The largest absolute Gasteiger partial charge is 0.465 e. The number of thioether (sulfide) groups is 2. The van der Waals surface area contributed by atoms with Gasteiger partial charge in [-0.1, -0.05) is 6.92 Å². The third kappa shape index (κ3) is 7.39. The quantitative estimate of drug-likeness (QED) is 0.272. The molecule has 1 heterocycles. The topological polar surface area (TPSA) is 78.9 Å². The molecule has 0 radical (unpaired) electrons. The highest BCUT2D eigenvalue weighted by molar-refractivity contribution is 8.19. The summed E-state index contributed by atoms with van der Waals surface area (Å²) in [7, 11) is 0. The second-order valence-electron chi connectivity index (χ2n) is 8.03. The fourth-order valence-corrected chi connectivity index (χ4v) is 6.99. The molecule has 0 aromatic carbocycles. The van der Waals surface area contributed by atoms with Crippen molar-refractivity contribution in [3.05, 3.63) is 0 Å². The van der Waals surface area contributed by atoms with Crippen LogP contribution in [-0.4, -0.2) is 64.9 Å². The predicted octanol–water partition coefficient (Wildman–Crippen LogP) is 4.35. The average molecular weight is 509 g/mol. The van der Waals surface area contributed by atoms with Crippen LogP contribution in [0.1, 0.15) is 46.0 Å². The van der Waals surface area contributed by atoms with E-state index in [0.717, 1.165) is 0 Å². The number of carbonyl (C=O) groups excluding carboxylic acids is 3. The van der Waals surface area contributed by atoms with Crippen LogP contribution in [0, 0.1) is 5.41 Å². The molecule has 2 aliphatic rings. The second kappa shape index (κ2) is 10.4. The normalized spacial score (nSPS) is 28.4. The van der Waals surface area contributed by atoms with Gasteiger partial charge in [-0.05, 0) is 19.3 Å². The molecule has 1 saturated heterocycles. The van der Waals surface area contributed by atoms with Crippen molar-refractivity contribution < 1.29 is 50.5 Å². The van der Waals surface area contributed by atoms with Crippen molar-refractivity contribution in [3.63, 3.8) is 0 Å². The molecule has 1 saturated carbocycles. The summed E-state index contributed by atoms with van der Waals surface area (Å²) >= 11 is 2.60. The van der Waals surface area contributed by atoms with Gasteiger partial charge in [0.15, 0.2) is 0 Å². The fraction of sp³-hybridized carbons (Fsp3) is 0.842. The first-order valence-electron chi connectivity index (χ1n) is 9.95. The van der Waals surface area contributed by atoms with Crippen LogP contribution in [0.2, 0.25) is 0 Å². The van der Waals surface area contributed by atoms with Crippen LogP contribution in [0.3, 0.4) is 0 Å². The monoisotopic (exact) mass is 508 g/mol. The SMILES string of the molecule is CCC(=O)OCC1(COC(=O)CC(F)(F)F)CSC2(CCCC2OC(=O)C(C)(F)F)SC1. The molecule has 0 amide bonds. The minimum Gasteiger partial charge on any atom is -0.465 e. The summed E-state index contributed by atoms with van der Waals surface area (Å²) in [6.07, 6.45) is -5.48. The molecule has 0 aromatic heterocycles. The van der Waals surface area contributed by atoms with Gasteiger partial charge in [0.05, 0.1) is 9.49 Å². The third-order valence-electron chi connectivity index (χ3n) is 5.05. The van der Waals surface area contributed by atoms with Gasteiger partial charge in [-0.15, -0.1) is 23.5 Å². The summed E-state index contributed by atoms with van der Waals surface area (Å²) in [4.78, 5) is 34.9. The summed E-state index contributed by atoms with van der Waals surface area (Å²) in [6, 6.07) is 0. The summed E-state index contributed by atoms with van der Waals surface area (Å²) in [5.41, 5.74) is -0.960. The molecule has 32 heavy (non-hydrogen) atoms. The van der Waals surface area contributed by atoms with E-state index < -0.39 is 58.6 Å². The maximum atomic E-state index is 13.3. The van der Waals surface area contributed by atoms with Crippen LogP contribution in [0.25, 0.3) is 0 Å². The maximum absolute atomic E-state index is 13.3. The standard InChI is InChI=1S/C19H25F5O6S2/c1-3-13(25)28-8-17(9-29-14(26)7-19(22,23)24)10-31-18(32-11-17)6-4-5-12(18)30-15(27)16(2,20)21/h12H,3-11H2,1-2H3. The Kier molecular flexibility index (Phi) is 8.74. The Morgan fingerprint density at radius 2 is 1.56 bits per heavy atom. The fourth-order valence-electron chi connectivity index (χ4n) is 3.25. The minimum atomic E-state index is -4.71. The smallest absolute Gasteiger partial charge is 0.399 e. The molecule has 6 nitrogen and oxygen atoms in total. The average Bonchev–Trinajstić information content (AvgIpc) is 3.06. The van der Waals surface area contributed by atoms with Crippen LogP contribution in [0.5, 0.6) is 0 Å². The van der Waals surface area contributed by atoms with E-state index in [0.29, 0.717) is 26.2 Å². The number of hydrogen-bond acceptors (Lipinski definition) is 8. The van der Waals surface area contributed by atoms with E-state index in [4.69, 9.17) is 14.2 Å². The summed E-state index contributed by atoms with van der Waals surface area (Å²) < 4.78 is 78.3. The van der Waals surface area contributed by atoms with Gasteiger partial charge in [0.1, 0.15) is 25.7 Å². The Bertz CT molecular complexity index is 701. The number of rotatable bonds is 8. The number of ether oxygens (including phenoxy) is 3. The van der Waals surface area contributed by atoms with E-state index in [1.807, 2.05) is 0 Å². The molecular weight excluding hydrogens is 483 g/mol. The van der Waals surface area contributed by atoms with Gasteiger partial charge in [-0.2, -0.15) is 22.0 Å². The van der Waals surface area contributed by atoms with Crippen LogP contribution in [0.4, 0.5) is 22.0 Å². The Morgan fingerprint density at radius 3 is 2.06 bits per heavy atom. The Balaban J connectivity index is 2.08. The first-order valence-corrected chi connectivity index (χ1v) is 11.9. The van der Waals surface area contributed by atoms with Gasteiger partial charge >= 0.3 is 30.0 Å². The zero-order valence-corrected chi connectivity index (χ0v) is 19.2. The summed E-state index contributed by atoms with van der Waals surface area (Å²) in [5.74, 6) is -6.76. The number of alkyl halides is 5. The molecule has 1 aliphatic heterocycles. The Morgan fingerprint density at radius 1 is 1.00 bits per heavy atom. The zero-order chi connectivity index (χ0) is 24.2. The van der Waals surface area contributed by atoms with Crippen molar-refractivity contribution in [2.24, 2.45) is 5.41 Å². The highest BCUT2D eigenvalue weighted by Crippen LogP contribution is 2.57. The van der Waals surface area contributed by atoms with E-state index in [1.54, 1.807) is 6.92 Å². The van der Waals surface area contributed by atoms with Crippen molar-refractivity contribution in [3.8, 4) is 0 Å². The van der Waals surface area contributed by atoms with Crippen molar-refractivity contribution in [2.75, 3.05) is 24.7 Å². The number of hydrogen-bond donors (Lipinski definition) is 0. The molecule has 1 spiro atoms. The molecule has 184 valence electrons. The predicted molar refractivity (Wildman–Crippen MR) is 107 cm³/mol. The van der Waals surface area contributed by atoms with Crippen molar-refractivity contribution in [2.45, 2.75) is 68.2 Å². The van der Waals surface area contributed by atoms with Gasteiger partial charge < -0.3 is 14.2 Å². The molecule has 1 aliphatic carbocycles. The molecule has 13 heteroatoms. The van der Waals surface area contributed by atoms with Crippen molar-refractivity contribution in [1.82, 2.24) is 0 Å². The van der Waals surface area contributed by atoms with Crippen molar-refractivity contribution in [1.29, 1.82) is 0 Å². The van der Waals surface area contributed by atoms with E-state index in [1.165, 1.54) is 23.5 Å². The van der Waals surface area contributed by atoms with E-state index in [2.05, 4.69) is 0 Å². The number of carbonyl (C=O) groups is 3. The molecule has 0 N–H and O–H groups in total. The van der Waals surface area contributed by atoms with Gasteiger partial charge in [0, 0.05) is 24.9 Å². The lowest BCUT2D eigenvalue weighted by Gasteiger charge is -2.45. The van der Waals surface area contributed by atoms with Gasteiger partial charge in [-0.25, -0.2) is 4.79 Å². The zero-order valence-electron chi connectivity index (χ0n) is 17.6. The lowest BCUT2D eigenvalue weighted by atomic mass is 9.95. The van der Waals surface area contributed by atoms with E-state index >= 15 is 0 Å². The molecule has 1 unspecified atom stereocenters. The number of esters is 3. The van der Waals surface area contributed by atoms with Crippen LogP contribution in [-0.2, 0) is 28.6 Å². The second-order valence-corrected chi connectivity index (χ2v) is 10.9.